The van der Waals surface area contributed by atoms with Crippen LogP contribution in [0, 0.1) is 6.92 Å². The van der Waals surface area contributed by atoms with Crippen molar-refractivity contribution in [3.63, 3.8) is 0 Å². The van der Waals surface area contributed by atoms with Gasteiger partial charge in [-0.3, -0.25) is 0 Å². The van der Waals surface area contributed by atoms with Crippen LogP contribution in [0.5, 0.6) is 0 Å². The van der Waals surface area contributed by atoms with Crippen LogP contribution in [0.2, 0.25) is 0 Å². The van der Waals surface area contributed by atoms with Crippen LogP contribution < -0.4 is 5.32 Å². The molecule has 0 unspecified atom stereocenters. The van der Waals surface area contributed by atoms with Crippen LogP contribution in [0.4, 0.5) is 0 Å². The van der Waals surface area contributed by atoms with E-state index < -0.39 is 5.97 Å². The molecule has 130 valence electrons. The van der Waals surface area contributed by atoms with Gasteiger partial charge in [-0.25, -0.2) is 4.79 Å². The van der Waals surface area contributed by atoms with E-state index in [9.17, 15) is 9.90 Å². The number of fused-ring (bicyclic) bond motifs is 1. The number of nitrogens with zero attached hydrogens (tertiary/aromatic N) is 1. The summed E-state index contributed by atoms with van der Waals surface area (Å²) in [5, 5.41) is 14.3. The van der Waals surface area contributed by atoms with E-state index in [1.165, 1.54) is 5.56 Å². The van der Waals surface area contributed by atoms with Gasteiger partial charge in [-0.2, -0.15) is 0 Å². The van der Waals surface area contributed by atoms with Crippen LogP contribution in [0.3, 0.4) is 0 Å². The molecule has 0 fully saturated rings. The number of para-hydroxylation sites is 1. The summed E-state index contributed by atoms with van der Waals surface area (Å²) in [5.74, 6) is -0.877. The maximum atomic E-state index is 12.1. The third kappa shape index (κ3) is 3.44. The Balaban J connectivity index is 2.14. The lowest BCUT2D eigenvalue weighted by molar-refractivity contribution is 0.0684. The van der Waals surface area contributed by atoms with Crippen molar-refractivity contribution >= 4 is 16.9 Å². The lowest BCUT2D eigenvalue weighted by atomic mass is 10.1. The van der Waals surface area contributed by atoms with Gasteiger partial charge in [0.2, 0.25) is 0 Å². The smallest absolute Gasteiger partial charge is 0.352 e. The van der Waals surface area contributed by atoms with Crippen molar-refractivity contribution in [2.24, 2.45) is 0 Å². The molecule has 1 aromatic heterocycles. The first-order valence-electron chi connectivity index (χ1n) is 8.72. The fourth-order valence-electron chi connectivity index (χ4n) is 3.31. The molecule has 0 saturated heterocycles. The second-order valence-electron chi connectivity index (χ2n) is 6.34. The maximum Gasteiger partial charge on any atom is 0.352 e. The van der Waals surface area contributed by atoms with Crippen LogP contribution in [0.15, 0.2) is 48.5 Å². The minimum atomic E-state index is -0.877. The summed E-state index contributed by atoms with van der Waals surface area (Å²) in [6.07, 6.45) is 1.02. The molecule has 0 amide bonds. The average Bonchev–Trinajstić information content (AvgIpc) is 2.91. The van der Waals surface area contributed by atoms with Gasteiger partial charge in [0.25, 0.3) is 0 Å². The van der Waals surface area contributed by atoms with Gasteiger partial charge in [0.1, 0.15) is 5.69 Å². The molecule has 0 saturated carbocycles. The molecule has 0 bridgehead atoms. The molecule has 0 spiro atoms. The molecule has 3 aromatic rings. The molecule has 0 atom stereocenters. The number of carboxylic acid groups (broad SMARTS) is 1. The molecule has 0 radical (unpaired) electrons. The summed E-state index contributed by atoms with van der Waals surface area (Å²) in [7, 11) is 0. The third-order valence-electron chi connectivity index (χ3n) is 4.60. The highest BCUT2D eigenvalue weighted by atomic mass is 16.4. The molecule has 3 rings (SSSR count). The Morgan fingerprint density at radius 1 is 1.12 bits per heavy atom. The van der Waals surface area contributed by atoms with Crippen molar-refractivity contribution in [3.8, 4) is 0 Å². The number of rotatable bonds is 7. The quantitative estimate of drug-likeness (QED) is 0.636. The van der Waals surface area contributed by atoms with Gasteiger partial charge in [-0.1, -0.05) is 49.4 Å². The summed E-state index contributed by atoms with van der Waals surface area (Å²) < 4.78 is 1.93. The van der Waals surface area contributed by atoms with Crippen molar-refractivity contribution < 1.29 is 9.90 Å². The maximum absolute atomic E-state index is 12.1. The summed E-state index contributed by atoms with van der Waals surface area (Å²) in [5.41, 5.74) is 4.52. The number of aromatic carboxylic acids is 1. The van der Waals surface area contributed by atoms with Crippen LogP contribution in [-0.2, 0) is 13.1 Å². The molecule has 0 aliphatic heterocycles. The lowest BCUT2D eigenvalue weighted by Crippen LogP contribution is -2.18. The first kappa shape index (κ1) is 17.2. The zero-order valence-corrected chi connectivity index (χ0v) is 14.7. The van der Waals surface area contributed by atoms with Crippen molar-refractivity contribution in [1.29, 1.82) is 0 Å². The Hall–Kier alpha value is -2.59. The number of carboxylic acids is 1. The number of aryl methyl sites for hydroxylation is 1. The first-order valence-corrected chi connectivity index (χ1v) is 8.72. The SMILES string of the molecule is CCCNCc1c(C(=O)O)n(Cc2ccccc2C)c2ccccc12. The number of benzene rings is 2. The van der Waals surface area contributed by atoms with Crippen molar-refractivity contribution in [2.75, 3.05) is 6.54 Å². The van der Waals surface area contributed by atoms with Crippen LogP contribution in [0.1, 0.15) is 40.5 Å². The van der Waals surface area contributed by atoms with Gasteiger partial charge in [-0.05, 0) is 37.1 Å². The fourth-order valence-corrected chi connectivity index (χ4v) is 3.31. The Morgan fingerprint density at radius 3 is 2.56 bits per heavy atom. The highest BCUT2D eigenvalue weighted by molar-refractivity contribution is 5.98. The molecule has 0 aliphatic rings. The van der Waals surface area contributed by atoms with Gasteiger partial charge in [0.05, 0.1) is 0 Å². The lowest BCUT2D eigenvalue weighted by Gasteiger charge is -2.11. The van der Waals surface area contributed by atoms with Crippen LogP contribution >= 0.6 is 0 Å². The van der Waals surface area contributed by atoms with E-state index in [-0.39, 0.29) is 0 Å². The zero-order chi connectivity index (χ0) is 17.8. The Bertz CT molecular complexity index is 896. The number of aromatic nitrogens is 1. The van der Waals surface area contributed by atoms with Crippen molar-refractivity contribution in [1.82, 2.24) is 9.88 Å². The number of carbonyl (C=O) groups is 1. The highest BCUT2D eigenvalue weighted by Gasteiger charge is 2.22. The Labute approximate surface area is 148 Å². The minimum Gasteiger partial charge on any atom is -0.477 e. The number of hydrogen-bond acceptors (Lipinski definition) is 2. The van der Waals surface area contributed by atoms with E-state index in [1.807, 2.05) is 41.0 Å². The Kier molecular flexibility index (Phi) is 5.19. The predicted molar refractivity (Wildman–Crippen MR) is 101 cm³/mol. The predicted octanol–water partition coefficient (Wildman–Crippen LogP) is 4.20. The second kappa shape index (κ2) is 7.53. The second-order valence-corrected chi connectivity index (χ2v) is 6.34. The molecule has 25 heavy (non-hydrogen) atoms. The largest absolute Gasteiger partial charge is 0.477 e. The zero-order valence-electron chi connectivity index (χ0n) is 14.7. The molecule has 4 nitrogen and oxygen atoms in total. The van der Waals surface area contributed by atoms with E-state index in [1.54, 1.807) is 0 Å². The topological polar surface area (TPSA) is 54.3 Å². The molecule has 0 aliphatic carbocycles. The third-order valence-corrected chi connectivity index (χ3v) is 4.60. The summed E-state index contributed by atoms with van der Waals surface area (Å²) in [6.45, 7) is 6.16. The number of nitrogens with one attached hydrogen (secondary N) is 1. The van der Waals surface area contributed by atoms with E-state index in [0.29, 0.717) is 18.8 Å². The minimum absolute atomic E-state index is 0.382. The summed E-state index contributed by atoms with van der Waals surface area (Å²) in [6, 6.07) is 16.1. The highest BCUT2D eigenvalue weighted by Crippen LogP contribution is 2.28. The van der Waals surface area contributed by atoms with Gasteiger partial charge in [0, 0.05) is 29.6 Å². The molecular formula is C21H24N2O2. The van der Waals surface area contributed by atoms with Gasteiger partial charge < -0.3 is 15.0 Å². The molecule has 2 aromatic carbocycles. The Morgan fingerprint density at radius 2 is 1.84 bits per heavy atom. The van der Waals surface area contributed by atoms with E-state index in [2.05, 4.69) is 31.3 Å². The van der Waals surface area contributed by atoms with E-state index >= 15 is 0 Å². The summed E-state index contributed by atoms with van der Waals surface area (Å²) >= 11 is 0. The van der Waals surface area contributed by atoms with Gasteiger partial charge >= 0.3 is 5.97 Å². The van der Waals surface area contributed by atoms with Crippen molar-refractivity contribution in [2.45, 2.75) is 33.4 Å². The molecule has 2 N–H and O–H groups in total. The van der Waals surface area contributed by atoms with E-state index in [4.69, 9.17) is 0 Å². The molecule has 4 heteroatoms. The van der Waals surface area contributed by atoms with Gasteiger partial charge in [-0.15, -0.1) is 0 Å². The molecular weight excluding hydrogens is 312 g/mol. The number of hydrogen-bond donors (Lipinski definition) is 2. The van der Waals surface area contributed by atoms with E-state index in [0.717, 1.165) is 35.0 Å². The van der Waals surface area contributed by atoms with Crippen molar-refractivity contribution in [3.05, 3.63) is 70.9 Å². The van der Waals surface area contributed by atoms with Crippen LogP contribution in [0.25, 0.3) is 10.9 Å². The fraction of sp³-hybridized carbons (Fsp3) is 0.286. The standard InChI is InChI=1S/C21H24N2O2/c1-3-12-22-13-18-17-10-6-7-11-19(17)23(20(18)21(24)25)14-16-9-5-4-8-15(16)2/h4-11,22H,3,12-14H2,1-2H3,(H,24,25). The normalized spacial score (nSPS) is 11.1. The summed E-state index contributed by atoms with van der Waals surface area (Å²) in [4.78, 5) is 12.1. The van der Waals surface area contributed by atoms with Crippen LogP contribution in [-0.4, -0.2) is 22.2 Å². The monoisotopic (exact) mass is 336 g/mol. The van der Waals surface area contributed by atoms with Gasteiger partial charge in [0.15, 0.2) is 0 Å². The first-order chi connectivity index (χ1) is 12.1. The molecule has 1 heterocycles. The average molecular weight is 336 g/mol.